The summed E-state index contributed by atoms with van der Waals surface area (Å²) in [6, 6.07) is 16.4. The van der Waals surface area contributed by atoms with Gasteiger partial charge >= 0.3 is 0 Å². The lowest BCUT2D eigenvalue weighted by atomic mass is 10.00. The Morgan fingerprint density at radius 2 is 1.76 bits per heavy atom. The van der Waals surface area contributed by atoms with E-state index in [2.05, 4.69) is 0 Å². The molecule has 1 aliphatic rings. The first-order valence-corrected chi connectivity index (χ1v) is 9.95. The molecular weight excluding hydrogens is 354 g/mol. The zero-order valence-corrected chi connectivity index (χ0v) is 15.8. The van der Waals surface area contributed by atoms with Crippen LogP contribution in [0, 0.1) is 12.3 Å². The van der Waals surface area contributed by atoms with Gasteiger partial charge in [0.15, 0.2) is 9.84 Å². The minimum Gasteiger partial charge on any atom is -0.393 e. The molecule has 0 amide bonds. The van der Waals surface area contributed by atoms with Gasteiger partial charge in [0.05, 0.1) is 27.2 Å². The number of hydrogen-bond donors (Lipinski definition) is 1. The Bertz CT molecular complexity index is 879. The first-order chi connectivity index (χ1) is 11.9. The molecule has 0 bridgehead atoms. The Morgan fingerprint density at radius 1 is 1.16 bits per heavy atom. The molecule has 25 heavy (non-hydrogen) atoms. The highest BCUT2D eigenvalue weighted by Gasteiger charge is 2.73. The third-order valence-corrected chi connectivity index (χ3v) is 7.61. The number of methoxy groups -OCH3 is 1. The molecule has 1 saturated carbocycles. The maximum absolute atomic E-state index is 13.3. The summed E-state index contributed by atoms with van der Waals surface area (Å²) < 4.78 is 32.0. The Balaban J connectivity index is 2.11. The average Bonchev–Trinajstić information content (AvgIpc) is 3.27. The van der Waals surface area contributed by atoms with Crippen LogP contribution in [0.4, 0.5) is 0 Å². The zero-order valence-electron chi connectivity index (χ0n) is 14.2. The first-order valence-electron chi connectivity index (χ1n) is 8.00. The molecule has 2 aromatic carbocycles. The van der Waals surface area contributed by atoms with Gasteiger partial charge in [0.2, 0.25) is 0 Å². The largest absolute Gasteiger partial charge is 0.393 e. The third kappa shape index (κ3) is 2.88. The van der Waals surface area contributed by atoms with E-state index in [1.807, 2.05) is 37.3 Å². The quantitative estimate of drug-likeness (QED) is 0.786. The fourth-order valence-electron chi connectivity index (χ4n) is 3.64. The van der Waals surface area contributed by atoms with E-state index in [1.54, 1.807) is 24.3 Å². The van der Waals surface area contributed by atoms with Gasteiger partial charge in [-0.25, -0.2) is 8.42 Å². The highest BCUT2D eigenvalue weighted by Crippen LogP contribution is 2.64. The van der Waals surface area contributed by atoms with Gasteiger partial charge < -0.3 is 10.5 Å². The van der Waals surface area contributed by atoms with E-state index in [-0.39, 0.29) is 17.5 Å². The second-order valence-electron chi connectivity index (χ2n) is 6.50. The van der Waals surface area contributed by atoms with E-state index in [9.17, 15) is 8.42 Å². The van der Waals surface area contributed by atoms with Crippen LogP contribution in [0.25, 0.3) is 0 Å². The summed E-state index contributed by atoms with van der Waals surface area (Å²) in [7, 11) is -2.06. The molecule has 0 aliphatic heterocycles. The van der Waals surface area contributed by atoms with Crippen molar-refractivity contribution in [3.05, 3.63) is 65.7 Å². The second kappa shape index (κ2) is 6.52. The van der Waals surface area contributed by atoms with Gasteiger partial charge in [-0.3, -0.25) is 0 Å². The molecular formula is C19H21NO3S2. The van der Waals surface area contributed by atoms with Crippen LogP contribution in [-0.2, 0) is 14.6 Å². The van der Waals surface area contributed by atoms with Gasteiger partial charge in [-0.1, -0.05) is 60.2 Å². The summed E-state index contributed by atoms with van der Waals surface area (Å²) in [4.78, 5) is 0.474. The summed E-state index contributed by atoms with van der Waals surface area (Å²) in [5.74, 6) is -0.308. The van der Waals surface area contributed by atoms with Crippen molar-refractivity contribution in [1.82, 2.24) is 0 Å². The Labute approximate surface area is 153 Å². The van der Waals surface area contributed by atoms with Crippen molar-refractivity contribution < 1.29 is 13.2 Å². The molecule has 0 aromatic heterocycles. The molecule has 0 heterocycles. The van der Waals surface area contributed by atoms with E-state index < -0.39 is 20.5 Å². The van der Waals surface area contributed by atoms with E-state index in [1.165, 1.54) is 7.11 Å². The standard InChI is InChI=1S/C19H21NO3S2/c1-13-8-10-15(11-9-13)25(21,22)17-16(14-6-4-3-5-7-14)19(17,12-23-2)18(20)24/h3-11,16-17H,12H2,1-2H3,(H2,20,24)/t16-,17+,19-/m1/s1. The number of hydrogen-bond acceptors (Lipinski definition) is 4. The summed E-state index contributed by atoms with van der Waals surface area (Å²) in [5.41, 5.74) is 7.06. The number of rotatable bonds is 6. The molecule has 3 atom stereocenters. The predicted molar refractivity (Wildman–Crippen MR) is 102 cm³/mol. The predicted octanol–water partition coefficient (Wildman–Crippen LogP) is 2.85. The molecule has 2 N–H and O–H groups in total. The van der Waals surface area contributed by atoms with Crippen molar-refractivity contribution in [1.29, 1.82) is 0 Å². The Kier molecular flexibility index (Phi) is 4.70. The molecule has 1 fully saturated rings. The van der Waals surface area contributed by atoms with Crippen LogP contribution in [0.5, 0.6) is 0 Å². The van der Waals surface area contributed by atoms with E-state index >= 15 is 0 Å². The molecule has 0 saturated heterocycles. The van der Waals surface area contributed by atoms with Gasteiger partial charge in [-0.15, -0.1) is 0 Å². The fraction of sp³-hybridized carbons (Fsp3) is 0.316. The summed E-state index contributed by atoms with van der Waals surface area (Å²) in [6.07, 6.45) is 0. The maximum atomic E-state index is 13.3. The number of aryl methyl sites for hydroxylation is 1. The molecule has 4 nitrogen and oxygen atoms in total. The molecule has 3 rings (SSSR count). The van der Waals surface area contributed by atoms with E-state index in [4.69, 9.17) is 22.7 Å². The number of ether oxygens (including phenoxy) is 1. The monoisotopic (exact) mass is 375 g/mol. The Hall–Kier alpha value is -1.76. The van der Waals surface area contributed by atoms with Crippen molar-refractivity contribution in [2.75, 3.05) is 13.7 Å². The van der Waals surface area contributed by atoms with Crippen LogP contribution in [0.1, 0.15) is 17.0 Å². The van der Waals surface area contributed by atoms with Crippen molar-refractivity contribution >= 4 is 27.0 Å². The van der Waals surface area contributed by atoms with Crippen molar-refractivity contribution in [3.63, 3.8) is 0 Å². The minimum absolute atomic E-state index is 0.178. The molecule has 0 spiro atoms. The van der Waals surface area contributed by atoms with Gasteiger partial charge in [0.1, 0.15) is 0 Å². The maximum Gasteiger partial charge on any atom is 0.182 e. The highest BCUT2D eigenvalue weighted by molar-refractivity contribution is 7.92. The smallest absolute Gasteiger partial charge is 0.182 e. The van der Waals surface area contributed by atoms with Crippen LogP contribution in [0.2, 0.25) is 0 Å². The van der Waals surface area contributed by atoms with Crippen molar-refractivity contribution in [2.24, 2.45) is 11.1 Å². The number of sulfone groups is 1. The Morgan fingerprint density at radius 3 is 2.28 bits per heavy atom. The van der Waals surface area contributed by atoms with Crippen LogP contribution in [-0.4, -0.2) is 32.4 Å². The molecule has 0 radical (unpaired) electrons. The number of nitrogens with two attached hydrogens (primary N) is 1. The fourth-order valence-corrected chi connectivity index (χ4v) is 6.41. The van der Waals surface area contributed by atoms with Gasteiger partial charge in [0.25, 0.3) is 0 Å². The van der Waals surface area contributed by atoms with Crippen LogP contribution in [0.3, 0.4) is 0 Å². The summed E-state index contributed by atoms with van der Waals surface area (Å²) >= 11 is 5.29. The minimum atomic E-state index is -3.60. The van der Waals surface area contributed by atoms with Crippen LogP contribution < -0.4 is 5.73 Å². The third-order valence-electron chi connectivity index (χ3n) is 4.94. The zero-order chi connectivity index (χ0) is 18.2. The molecule has 6 heteroatoms. The van der Waals surface area contributed by atoms with E-state index in [0.29, 0.717) is 4.90 Å². The molecule has 1 aliphatic carbocycles. The molecule has 2 aromatic rings. The van der Waals surface area contributed by atoms with Gasteiger partial charge in [-0.2, -0.15) is 0 Å². The summed E-state index contributed by atoms with van der Waals surface area (Å²) in [5, 5.41) is -0.720. The average molecular weight is 376 g/mol. The second-order valence-corrected chi connectivity index (χ2v) is 9.01. The lowest BCUT2D eigenvalue weighted by molar-refractivity contribution is 0.166. The highest BCUT2D eigenvalue weighted by atomic mass is 32.2. The topological polar surface area (TPSA) is 69.4 Å². The molecule has 132 valence electrons. The van der Waals surface area contributed by atoms with Crippen molar-refractivity contribution in [2.45, 2.75) is 23.0 Å². The lowest BCUT2D eigenvalue weighted by Gasteiger charge is -2.16. The molecule has 0 unspecified atom stereocenters. The van der Waals surface area contributed by atoms with Gasteiger partial charge in [-0.05, 0) is 24.6 Å². The SMILES string of the molecule is COC[C@@]1(C(N)=S)[C@H](c2ccccc2)[C@@H]1S(=O)(=O)c1ccc(C)cc1. The lowest BCUT2D eigenvalue weighted by Crippen LogP contribution is -2.33. The number of benzene rings is 2. The first kappa shape index (κ1) is 18.0. The number of thiocarbonyl (C=S) groups is 1. The van der Waals surface area contributed by atoms with E-state index in [0.717, 1.165) is 11.1 Å². The summed E-state index contributed by atoms with van der Waals surface area (Å²) in [6.45, 7) is 2.10. The van der Waals surface area contributed by atoms with Crippen LogP contribution in [0.15, 0.2) is 59.5 Å². The van der Waals surface area contributed by atoms with Gasteiger partial charge in [0, 0.05) is 13.0 Å². The van der Waals surface area contributed by atoms with Crippen molar-refractivity contribution in [3.8, 4) is 0 Å². The van der Waals surface area contributed by atoms with Crippen LogP contribution >= 0.6 is 12.2 Å². The normalized spacial score (nSPS) is 25.5.